The SMILES string of the molecule is CCNC(C)c1ccccc1OCCS(C)(=O)=O. The van der Waals surface area contributed by atoms with Gasteiger partial charge in [0.25, 0.3) is 0 Å². The summed E-state index contributed by atoms with van der Waals surface area (Å²) >= 11 is 0. The zero-order valence-corrected chi connectivity index (χ0v) is 12.0. The van der Waals surface area contributed by atoms with Crippen molar-refractivity contribution in [2.75, 3.05) is 25.2 Å². The Morgan fingerprint density at radius 1 is 1.33 bits per heavy atom. The van der Waals surface area contributed by atoms with E-state index in [4.69, 9.17) is 4.74 Å². The number of ether oxygens (including phenoxy) is 1. The zero-order valence-electron chi connectivity index (χ0n) is 11.1. The van der Waals surface area contributed by atoms with Crippen LogP contribution in [0.4, 0.5) is 0 Å². The molecule has 0 aliphatic carbocycles. The molecule has 5 heteroatoms. The molecule has 0 radical (unpaired) electrons. The molecule has 1 aromatic rings. The molecule has 0 spiro atoms. The number of para-hydroxylation sites is 1. The monoisotopic (exact) mass is 271 g/mol. The Morgan fingerprint density at radius 3 is 2.61 bits per heavy atom. The van der Waals surface area contributed by atoms with Crippen LogP contribution in [0.1, 0.15) is 25.5 Å². The summed E-state index contributed by atoms with van der Waals surface area (Å²) in [6.07, 6.45) is 1.21. The predicted octanol–water partition coefficient (Wildman–Crippen LogP) is 1.78. The van der Waals surface area contributed by atoms with E-state index >= 15 is 0 Å². The lowest BCUT2D eigenvalue weighted by molar-refractivity contribution is 0.333. The van der Waals surface area contributed by atoms with E-state index in [1.54, 1.807) is 0 Å². The Kier molecular flexibility index (Phi) is 5.62. The second kappa shape index (κ2) is 6.75. The van der Waals surface area contributed by atoms with Gasteiger partial charge >= 0.3 is 0 Å². The largest absolute Gasteiger partial charge is 0.492 e. The molecule has 0 aliphatic heterocycles. The molecule has 1 N–H and O–H groups in total. The average Bonchev–Trinajstić information content (AvgIpc) is 2.28. The van der Waals surface area contributed by atoms with Gasteiger partial charge in [0, 0.05) is 17.9 Å². The molecule has 0 aromatic heterocycles. The average molecular weight is 271 g/mol. The van der Waals surface area contributed by atoms with Crippen molar-refractivity contribution in [3.8, 4) is 5.75 Å². The maximum Gasteiger partial charge on any atom is 0.150 e. The van der Waals surface area contributed by atoms with Gasteiger partial charge in [0.05, 0.1) is 5.75 Å². The fraction of sp³-hybridized carbons (Fsp3) is 0.538. The van der Waals surface area contributed by atoms with E-state index in [0.29, 0.717) is 0 Å². The first kappa shape index (κ1) is 15.0. The first-order valence-corrected chi connectivity index (χ1v) is 8.13. The van der Waals surface area contributed by atoms with Crippen LogP contribution >= 0.6 is 0 Å². The van der Waals surface area contributed by atoms with Gasteiger partial charge < -0.3 is 10.1 Å². The van der Waals surface area contributed by atoms with E-state index in [0.717, 1.165) is 17.9 Å². The molecule has 18 heavy (non-hydrogen) atoms. The Morgan fingerprint density at radius 2 is 2.00 bits per heavy atom. The Bertz CT molecular complexity index is 471. The van der Waals surface area contributed by atoms with Crippen LogP contribution in [0.2, 0.25) is 0 Å². The van der Waals surface area contributed by atoms with Gasteiger partial charge in [-0.15, -0.1) is 0 Å². The Balaban J connectivity index is 2.70. The van der Waals surface area contributed by atoms with E-state index < -0.39 is 9.84 Å². The maximum atomic E-state index is 11.1. The van der Waals surface area contributed by atoms with Gasteiger partial charge in [0.2, 0.25) is 0 Å². The third-order valence-electron chi connectivity index (χ3n) is 2.61. The van der Waals surface area contributed by atoms with Crippen molar-refractivity contribution in [1.82, 2.24) is 5.32 Å². The van der Waals surface area contributed by atoms with Crippen molar-refractivity contribution >= 4 is 9.84 Å². The first-order chi connectivity index (χ1) is 8.44. The summed E-state index contributed by atoms with van der Waals surface area (Å²) in [6.45, 7) is 5.17. The summed E-state index contributed by atoms with van der Waals surface area (Å²) < 4.78 is 27.7. The zero-order chi connectivity index (χ0) is 13.6. The third kappa shape index (κ3) is 5.06. The lowest BCUT2D eigenvalue weighted by Gasteiger charge is -2.17. The van der Waals surface area contributed by atoms with E-state index in [-0.39, 0.29) is 18.4 Å². The van der Waals surface area contributed by atoms with Crippen LogP contribution in [-0.4, -0.2) is 33.6 Å². The molecule has 0 bridgehead atoms. The van der Waals surface area contributed by atoms with Crippen molar-refractivity contribution in [3.63, 3.8) is 0 Å². The maximum absolute atomic E-state index is 11.1. The van der Waals surface area contributed by atoms with Crippen LogP contribution in [0.3, 0.4) is 0 Å². The van der Waals surface area contributed by atoms with Crippen LogP contribution in [0.25, 0.3) is 0 Å². The van der Waals surface area contributed by atoms with E-state index in [1.807, 2.05) is 31.2 Å². The van der Waals surface area contributed by atoms with Crippen LogP contribution in [-0.2, 0) is 9.84 Å². The van der Waals surface area contributed by atoms with Gasteiger partial charge in [0.15, 0.2) is 9.84 Å². The Hall–Kier alpha value is -1.07. The summed E-state index contributed by atoms with van der Waals surface area (Å²) in [5.41, 5.74) is 1.05. The molecule has 1 atom stereocenters. The molecular formula is C13H21NO3S. The van der Waals surface area contributed by atoms with Crippen molar-refractivity contribution in [1.29, 1.82) is 0 Å². The molecule has 1 rings (SSSR count). The minimum Gasteiger partial charge on any atom is -0.492 e. The molecular weight excluding hydrogens is 250 g/mol. The molecule has 0 saturated heterocycles. The normalized spacial score (nSPS) is 13.3. The van der Waals surface area contributed by atoms with Crippen LogP contribution in [0.5, 0.6) is 5.75 Å². The third-order valence-corrected chi connectivity index (χ3v) is 3.52. The quantitative estimate of drug-likeness (QED) is 0.821. The number of sulfone groups is 1. The molecule has 0 amide bonds. The number of hydrogen-bond acceptors (Lipinski definition) is 4. The second-order valence-corrected chi connectivity index (χ2v) is 6.56. The Labute approximate surface area is 109 Å². The van der Waals surface area contributed by atoms with Gasteiger partial charge in [-0.3, -0.25) is 0 Å². The first-order valence-electron chi connectivity index (χ1n) is 6.07. The molecule has 4 nitrogen and oxygen atoms in total. The summed E-state index contributed by atoms with van der Waals surface area (Å²) in [6, 6.07) is 7.88. The lowest BCUT2D eigenvalue weighted by Crippen LogP contribution is -2.19. The number of hydrogen-bond donors (Lipinski definition) is 1. The minimum absolute atomic E-state index is 0.0386. The fourth-order valence-corrected chi connectivity index (χ4v) is 2.07. The fourth-order valence-electron chi connectivity index (χ4n) is 1.69. The highest BCUT2D eigenvalue weighted by molar-refractivity contribution is 7.90. The highest BCUT2D eigenvalue weighted by Crippen LogP contribution is 2.24. The van der Waals surface area contributed by atoms with Gasteiger partial charge in [0.1, 0.15) is 12.4 Å². The summed E-state index contributed by atoms with van der Waals surface area (Å²) in [7, 11) is -2.98. The van der Waals surface area contributed by atoms with Gasteiger partial charge in [-0.25, -0.2) is 8.42 Å². The summed E-state index contributed by atoms with van der Waals surface area (Å²) in [5, 5.41) is 3.31. The van der Waals surface area contributed by atoms with E-state index in [1.165, 1.54) is 6.26 Å². The lowest BCUT2D eigenvalue weighted by atomic mass is 10.1. The molecule has 0 fully saturated rings. The molecule has 0 saturated carbocycles. The highest BCUT2D eigenvalue weighted by atomic mass is 32.2. The van der Waals surface area contributed by atoms with E-state index in [9.17, 15) is 8.42 Å². The van der Waals surface area contributed by atoms with Crippen molar-refractivity contribution in [3.05, 3.63) is 29.8 Å². The number of benzene rings is 1. The van der Waals surface area contributed by atoms with Crippen LogP contribution in [0, 0.1) is 0 Å². The van der Waals surface area contributed by atoms with Crippen molar-refractivity contribution in [2.24, 2.45) is 0 Å². The van der Waals surface area contributed by atoms with Crippen LogP contribution in [0.15, 0.2) is 24.3 Å². The number of rotatable bonds is 7. The van der Waals surface area contributed by atoms with Gasteiger partial charge in [-0.1, -0.05) is 25.1 Å². The molecule has 1 unspecified atom stereocenters. The van der Waals surface area contributed by atoms with Crippen molar-refractivity contribution < 1.29 is 13.2 Å². The molecule has 1 aromatic carbocycles. The summed E-state index contributed by atoms with van der Waals surface area (Å²) in [5.74, 6) is 0.784. The van der Waals surface area contributed by atoms with Crippen LogP contribution < -0.4 is 10.1 Å². The highest BCUT2D eigenvalue weighted by Gasteiger charge is 2.10. The van der Waals surface area contributed by atoms with E-state index in [2.05, 4.69) is 12.2 Å². The standard InChI is InChI=1S/C13H21NO3S/c1-4-14-11(2)12-7-5-6-8-13(12)17-9-10-18(3,15)16/h5-8,11,14H,4,9-10H2,1-3H3. The second-order valence-electron chi connectivity index (χ2n) is 4.30. The smallest absolute Gasteiger partial charge is 0.150 e. The number of nitrogens with one attached hydrogen (secondary N) is 1. The molecule has 0 aliphatic rings. The predicted molar refractivity (Wildman–Crippen MR) is 73.7 cm³/mol. The molecule has 0 heterocycles. The minimum atomic E-state index is -2.98. The van der Waals surface area contributed by atoms with Gasteiger partial charge in [-0.2, -0.15) is 0 Å². The topological polar surface area (TPSA) is 55.4 Å². The summed E-state index contributed by atoms with van der Waals surface area (Å²) in [4.78, 5) is 0. The van der Waals surface area contributed by atoms with Gasteiger partial charge in [-0.05, 0) is 19.5 Å². The van der Waals surface area contributed by atoms with Crippen molar-refractivity contribution in [2.45, 2.75) is 19.9 Å². The molecule has 102 valence electrons.